The van der Waals surface area contributed by atoms with Gasteiger partial charge in [0.25, 0.3) is 5.91 Å². The third-order valence-corrected chi connectivity index (χ3v) is 5.58. The van der Waals surface area contributed by atoms with Crippen molar-refractivity contribution in [3.05, 3.63) is 90.6 Å². The number of nitrogens with zero attached hydrogens (tertiary/aromatic N) is 1. The van der Waals surface area contributed by atoms with Gasteiger partial charge >= 0.3 is 0 Å². The van der Waals surface area contributed by atoms with E-state index >= 15 is 0 Å². The van der Waals surface area contributed by atoms with Crippen LogP contribution in [0.2, 0.25) is 0 Å². The zero-order valence-electron chi connectivity index (χ0n) is 15.6. The Labute approximate surface area is 196 Å². The van der Waals surface area contributed by atoms with Crippen molar-refractivity contribution >= 4 is 57.3 Å². The minimum Gasteiger partial charge on any atom is -0.495 e. The van der Waals surface area contributed by atoms with Gasteiger partial charge in [-0.05, 0) is 80.6 Å². The van der Waals surface area contributed by atoms with Crippen molar-refractivity contribution in [3.8, 4) is 11.5 Å². The molecule has 0 aromatic heterocycles. The van der Waals surface area contributed by atoms with Crippen LogP contribution in [0.1, 0.15) is 21.5 Å². The Morgan fingerprint density at radius 3 is 2.38 bits per heavy atom. The molecule has 3 aromatic rings. The molecule has 29 heavy (non-hydrogen) atoms. The second-order valence-corrected chi connectivity index (χ2v) is 8.31. The summed E-state index contributed by atoms with van der Waals surface area (Å²) in [5, 5.41) is 4.09. The Kier molecular flexibility index (Phi) is 7.87. The van der Waals surface area contributed by atoms with Gasteiger partial charge in [0.15, 0.2) is 0 Å². The van der Waals surface area contributed by atoms with E-state index in [0.29, 0.717) is 17.9 Å². The Bertz CT molecular complexity index is 1000. The summed E-state index contributed by atoms with van der Waals surface area (Å²) in [5.74, 6) is 1.01. The summed E-state index contributed by atoms with van der Waals surface area (Å²) in [5.41, 5.74) is 4.90. The summed E-state index contributed by atoms with van der Waals surface area (Å²) in [6.07, 6.45) is 1.61. The lowest BCUT2D eigenvalue weighted by Gasteiger charge is -2.10. The zero-order valence-corrected chi connectivity index (χ0v) is 19.9. The van der Waals surface area contributed by atoms with E-state index in [1.165, 1.54) is 0 Å². The van der Waals surface area contributed by atoms with Gasteiger partial charge in [0.05, 0.1) is 26.0 Å². The van der Waals surface area contributed by atoms with Gasteiger partial charge in [-0.15, -0.1) is 0 Å². The van der Waals surface area contributed by atoms with E-state index in [0.717, 1.165) is 24.0 Å². The lowest BCUT2D eigenvalue weighted by molar-refractivity contribution is 0.0950. The van der Waals surface area contributed by atoms with Gasteiger partial charge in [-0.1, -0.05) is 42.5 Å². The SMILES string of the molecule is COc1c(I)cc(/C=N/NC(=O)c2ccccc2OCc2ccccc2)cc1I. The van der Waals surface area contributed by atoms with E-state index in [4.69, 9.17) is 9.47 Å². The molecule has 0 aliphatic heterocycles. The van der Waals surface area contributed by atoms with Crippen LogP contribution in [-0.4, -0.2) is 19.2 Å². The molecule has 0 radical (unpaired) electrons. The largest absolute Gasteiger partial charge is 0.495 e. The second kappa shape index (κ2) is 10.6. The van der Waals surface area contributed by atoms with Gasteiger partial charge in [-0.3, -0.25) is 4.79 Å². The van der Waals surface area contributed by atoms with Crippen molar-refractivity contribution in [2.75, 3.05) is 7.11 Å². The molecular formula is C22H18I2N2O3. The van der Waals surface area contributed by atoms with Crippen LogP contribution in [0.5, 0.6) is 11.5 Å². The molecule has 0 saturated heterocycles. The fourth-order valence-corrected chi connectivity index (χ4v) is 4.85. The second-order valence-electron chi connectivity index (χ2n) is 5.99. The maximum Gasteiger partial charge on any atom is 0.275 e. The topological polar surface area (TPSA) is 59.9 Å². The van der Waals surface area contributed by atoms with Crippen molar-refractivity contribution in [1.82, 2.24) is 5.43 Å². The molecule has 3 aromatic carbocycles. The summed E-state index contributed by atoms with van der Waals surface area (Å²) >= 11 is 4.42. The molecule has 0 heterocycles. The molecule has 7 heteroatoms. The average molecular weight is 612 g/mol. The van der Waals surface area contributed by atoms with E-state index in [1.54, 1.807) is 31.5 Å². The Morgan fingerprint density at radius 2 is 1.69 bits per heavy atom. The van der Waals surface area contributed by atoms with Gasteiger partial charge in [0.1, 0.15) is 18.1 Å². The van der Waals surface area contributed by atoms with E-state index < -0.39 is 0 Å². The maximum absolute atomic E-state index is 12.6. The first-order valence-corrected chi connectivity index (χ1v) is 10.9. The van der Waals surface area contributed by atoms with E-state index in [9.17, 15) is 4.79 Å². The number of methoxy groups -OCH3 is 1. The summed E-state index contributed by atoms with van der Waals surface area (Å²) < 4.78 is 13.1. The number of hydrogen-bond acceptors (Lipinski definition) is 4. The number of hydrazone groups is 1. The Balaban J connectivity index is 1.67. The van der Waals surface area contributed by atoms with E-state index in [-0.39, 0.29) is 5.91 Å². The molecule has 0 aliphatic rings. The molecule has 0 unspecified atom stereocenters. The first-order chi connectivity index (χ1) is 14.1. The summed E-state index contributed by atoms with van der Waals surface area (Å²) in [7, 11) is 1.64. The summed E-state index contributed by atoms with van der Waals surface area (Å²) in [4.78, 5) is 12.6. The monoisotopic (exact) mass is 612 g/mol. The van der Waals surface area contributed by atoms with Crippen molar-refractivity contribution in [2.45, 2.75) is 6.61 Å². The van der Waals surface area contributed by atoms with Crippen molar-refractivity contribution in [3.63, 3.8) is 0 Å². The van der Waals surface area contributed by atoms with Crippen LogP contribution in [0.25, 0.3) is 0 Å². The third-order valence-electron chi connectivity index (χ3n) is 3.97. The molecule has 0 spiro atoms. The van der Waals surface area contributed by atoms with Crippen LogP contribution < -0.4 is 14.9 Å². The van der Waals surface area contributed by atoms with Crippen LogP contribution in [0.3, 0.4) is 0 Å². The van der Waals surface area contributed by atoms with Gasteiger partial charge in [-0.25, -0.2) is 5.43 Å². The molecule has 0 atom stereocenters. The number of carbonyl (C=O) groups excluding carboxylic acids is 1. The first-order valence-electron chi connectivity index (χ1n) is 8.70. The fourth-order valence-electron chi connectivity index (χ4n) is 2.59. The third kappa shape index (κ3) is 5.92. The Hall–Kier alpha value is -2.14. The lowest BCUT2D eigenvalue weighted by atomic mass is 10.2. The first kappa shape index (κ1) is 21.6. The number of nitrogens with one attached hydrogen (secondary N) is 1. The number of halogens is 2. The average Bonchev–Trinajstić information content (AvgIpc) is 2.73. The van der Waals surface area contributed by atoms with Crippen LogP contribution in [0.4, 0.5) is 0 Å². The number of hydrogen-bond donors (Lipinski definition) is 1. The highest BCUT2D eigenvalue weighted by atomic mass is 127. The van der Waals surface area contributed by atoms with Gasteiger partial charge < -0.3 is 9.47 Å². The molecule has 3 rings (SSSR count). The highest BCUT2D eigenvalue weighted by Crippen LogP contribution is 2.28. The smallest absolute Gasteiger partial charge is 0.275 e. The van der Waals surface area contributed by atoms with Crippen LogP contribution in [-0.2, 0) is 6.61 Å². The molecule has 0 aliphatic carbocycles. The van der Waals surface area contributed by atoms with Crippen molar-refractivity contribution < 1.29 is 14.3 Å². The molecule has 148 valence electrons. The van der Waals surface area contributed by atoms with Crippen LogP contribution >= 0.6 is 45.2 Å². The standard InChI is InChI=1S/C22H18I2N2O3/c1-28-21-18(23)11-16(12-19(21)24)13-25-26-22(27)17-9-5-6-10-20(17)29-14-15-7-3-2-4-8-15/h2-13H,14H2,1H3,(H,26,27)/b25-13+. The highest BCUT2D eigenvalue weighted by molar-refractivity contribution is 14.1. The molecule has 1 amide bonds. The molecule has 0 bridgehead atoms. The van der Waals surface area contributed by atoms with E-state index in [1.807, 2.05) is 48.5 Å². The highest BCUT2D eigenvalue weighted by Gasteiger charge is 2.12. The number of amides is 1. The van der Waals surface area contributed by atoms with Gasteiger partial charge in [0.2, 0.25) is 0 Å². The molecule has 0 saturated carbocycles. The minimum absolute atomic E-state index is 0.331. The fraction of sp³-hybridized carbons (Fsp3) is 0.0909. The predicted molar refractivity (Wildman–Crippen MR) is 131 cm³/mol. The zero-order chi connectivity index (χ0) is 20.6. The predicted octanol–water partition coefficient (Wildman–Crippen LogP) is 5.25. The lowest BCUT2D eigenvalue weighted by Crippen LogP contribution is -2.18. The van der Waals surface area contributed by atoms with Crippen LogP contribution in [0, 0.1) is 7.14 Å². The molecule has 0 fully saturated rings. The minimum atomic E-state index is -0.331. The normalized spacial score (nSPS) is 10.7. The quantitative estimate of drug-likeness (QED) is 0.226. The Morgan fingerprint density at radius 1 is 1.03 bits per heavy atom. The van der Waals surface area contributed by atoms with E-state index in [2.05, 4.69) is 55.7 Å². The van der Waals surface area contributed by atoms with Crippen LogP contribution in [0.15, 0.2) is 71.8 Å². The molecular weight excluding hydrogens is 594 g/mol. The maximum atomic E-state index is 12.6. The number of benzene rings is 3. The van der Waals surface area contributed by atoms with Gasteiger partial charge in [0, 0.05) is 0 Å². The van der Waals surface area contributed by atoms with Crippen molar-refractivity contribution in [1.29, 1.82) is 0 Å². The number of rotatable bonds is 7. The summed E-state index contributed by atoms with van der Waals surface area (Å²) in [6, 6.07) is 20.8. The van der Waals surface area contributed by atoms with Crippen molar-refractivity contribution in [2.24, 2.45) is 5.10 Å². The number of carbonyl (C=O) groups is 1. The molecule has 5 nitrogen and oxygen atoms in total. The number of ether oxygens (including phenoxy) is 2. The molecule has 1 N–H and O–H groups in total. The number of para-hydroxylation sites is 1. The van der Waals surface area contributed by atoms with Gasteiger partial charge in [-0.2, -0.15) is 5.10 Å². The summed E-state index contributed by atoms with van der Waals surface area (Å²) in [6.45, 7) is 0.386.